The Morgan fingerprint density at radius 3 is 2.52 bits per heavy atom. The van der Waals surface area contributed by atoms with Crippen LogP contribution >= 0.6 is 28.3 Å². The fraction of sp³-hybridized carbons (Fsp3) is 0.222. The SMILES string of the molecule is CNC[C@@H](O)[C@H](c1ccccc1)n1ccc2c(Br)cccc21.Cl. The van der Waals surface area contributed by atoms with Crippen molar-refractivity contribution in [1.29, 1.82) is 0 Å². The third kappa shape index (κ3) is 3.61. The van der Waals surface area contributed by atoms with Crippen molar-refractivity contribution in [3.05, 3.63) is 70.8 Å². The first-order chi connectivity index (χ1) is 10.7. The lowest BCUT2D eigenvalue weighted by Gasteiger charge is -2.26. The Morgan fingerprint density at radius 1 is 1.09 bits per heavy atom. The molecule has 5 heteroatoms. The molecule has 2 N–H and O–H groups in total. The van der Waals surface area contributed by atoms with E-state index in [0.29, 0.717) is 6.54 Å². The molecule has 0 fully saturated rings. The highest BCUT2D eigenvalue weighted by Gasteiger charge is 2.23. The topological polar surface area (TPSA) is 37.2 Å². The number of aliphatic hydroxyl groups is 1. The van der Waals surface area contributed by atoms with Crippen LogP contribution in [-0.4, -0.2) is 29.4 Å². The Bertz CT molecular complexity index is 760. The number of aliphatic hydroxyl groups excluding tert-OH is 1. The van der Waals surface area contributed by atoms with Gasteiger partial charge >= 0.3 is 0 Å². The van der Waals surface area contributed by atoms with Gasteiger partial charge in [-0.25, -0.2) is 0 Å². The molecule has 0 saturated carbocycles. The summed E-state index contributed by atoms with van der Waals surface area (Å²) in [5.41, 5.74) is 2.21. The second kappa shape index (κ2) is 7.97. The molecule has 1 aromatic heterocycles. The van der Waals surface area contributed by atoms with E-state index in [-0.39, 0.29) is 18.4 Å². The molecule has 0 unspecified atom stereocenters. The maximum absolute atomic E-state index is 10.7. The van der Waals surface area contributed by atoms with Crippen LogP contribution in [0.4, 0.5) is 0 Å². The molecule has 0 radical (unpaired) electrons. The van der Waals surface area contributed by atoms with E-state index >= 15 is 0 Å². The number of nitrogens with zero attached hydrogens (tertiary/aromatic N) is 1. The van der Waals surface area contributed by atoms with Crippen LogP contribution in [0.3, 0.4) is 0 Å². The highest BCUT2D eigenvalue weighted by Crippen LogP contribution is 2.31. The number of hydrogen-bond donors (Lipinski definition) is 2. The lowest BCUT2D eigenvalue weighted by molar-refractivity contribution is 0.132. The van der Waals surface area contributed by atoms with E-state index in [2.05, 4.69) is 50.1 Å². The molecule has 3 aromatic rings. The van der Waals surface area contributed by atoms with E-state index in [1.807, 2.05) is 43.6 Å². The number of halogens is 2. The average Bonchev–Trinajstić information content (AvgIpc) is 2.94. The number of aromatic nitrogens is 1. The molecule has 0 bridgehead atoms. The van der Waals surface area contributed by atoms with E-state index < -0.39 is 6.10 Å². The van der Waals surface area contributed by atoms with Crippen LogP contribution in [0.1, 0.15) is 11.6 Å². The summed E-state index contributed by atoms with van der Waals surface area (Å²) in [6, 6.07) is 18.2. The highest BCUT2D eigenvalue weighted by atomic mass is 79.9. The molecule has 2 atom stereocenters. The van der Waals surface area contributed by atoms with Crippen LogP contribution in [0.25, 0.3) is 10.9 Å². The number of benzene rings is 2. The van der Waals surface area contributed by atoms with Crippen LogP contribution in [0.15, 0.2) is 65.3 Å². The Hall–Kier alpha value is -1.33. The van der Waals surface area contributed by atoms with Crippen molar-refractivity contribution in [3.63, 3.8) is 0 Å². The van der Waals surface area contributed by atoms with Gasteiger partial charge in [-0.15, -0.1) is 12.4 Å². The lowest BCUT2D eigenvalue weighted by atomic mass is 10.0. The van der Waals surface area contributed by atoms with Gasteiger partial charge in [0.1, 0.15) is 0 Å². The summed E-state index contributed by atoms with van der Waals surface area (Å²) in [5.74, 6) is 0. The minimum absolute atomic E-state index is 0. The number of rotatable bonds is 5. The van der Waals surface area contributed by atoms with E-state index in [9.17, 15) is 5.11 Å². The predicted octanol–water partition coefficient (Wildman–Crippen LogP) is 4.00. The van der Waals surface area contributed by atoms with Gasteiger partial charge in [-0.1, -0.05) is 52.3 Å². The van der Waals surface area contributed by atoms with Crippen LogP contribution in [0, 0.1) is 0 Å². The molecule has 0 spiro atoms. The summed E-state index contributed by atoms with van der Waals surface area (Å²) in [5, 5.41) is 14.9. The molecule has 122 valence electrons. The Balaban J connectivity index is 0.00000192. The van der Waals surface area contributed by atoms with E-state index in [1.165, 1.54) is 0 Å². The van der Waals surface area contributed by atoms with E-state index in [1.54, 1.807) is 0 Å². The van der Waals surface area contributed by atoms with Crippen molar-refractivity contribution in [1.82, 2.24) is 9.88 Å². The minimum Gasteiger partial charge on any atom is -0.389 e. The van der Waals surface area contributed by atoms with Gasteiger partial charge < -0.3 is 15.0 Å². The Kier molecular flexibility index (Phi) is 6.25. The molecule has 3 rings (SSSR count). The van der Waals surface area contributed by atoms with Crippen LogP contribution in [-0.2, 0) is 0 Å². The van der Waals surface area contributed by atoms with Gasteiger partial charge in [0.15, 0.2) is 0 Å². The van der Waals surface area contributed by atoms with Gasteiger partial charge in [-0.2, -0.15) is 0 Å². The van der Waals surface area contributed by atoms with Crippen LogP contribution < -0.4 is 5.32 Å². The largest absolute Gasteiger partial charge is 0.389 e. The molecule has 3 nitrogen and oxygen atoms in total. The summed E-state index contributed by atoms with van der Waals surface area (Å²) < 4.78 is 3.22. The van der Waals surface area contributed by atoms with Gasteiger partial charge in [0.25, 0.3) is 0 Å². The zero-order chi connectivity index (χ0) is 15.5. The molecule has 1 heterocycles. The first kappa shape index (κ1) is 18.0. The predicted molar refractivity (Wildman–Crippen MR) is 101 cm³/mol. The number of hydrogen-bond acceptors (Lipinski definition) is 2. The third-order valence-corrected chi connectivity index (χ3v) is 4.62. The highest BCUT2D eigenvalue weighted by molar-refractivity contribution is 9.10. The van der Waals surface area contributed by atoms with Gasteiger partial charge in [-0.3, -0.25) is 0 Å². The summed E-state index contributed by atoms with van der Waals surface area (Å²) in [6.45, 7) is 0.535. The molecule has 23 heavy (non-hydrogen) atoms. The first-order valence-electron chi connectivity index (χ1n) is 7.35. The quantitative estimate of drug-likeness (QED) is 0.685. The van der Waals surface area contributed by atoms with Gasteiger partial charge in [0, 0.05) is 28.1 Å². The zero-order valence-corrected chi connectivity index (χ0v) is 15.2. The maximum atomic E-state index is 10.7. The summed E-state index contributed by atoms with van der Waals surface area (Å²) >= 11 is 3.60. The number of fused-ring (bicyclic) bond motifs is 1. The molecule has 0 aliphatic carbocycles. The summed E-state index contributed by atoms with van der Waals surface area (Å²) in [4.78, 5) is 0. The van der Waals surface area contributed by atoms with E-state index in [0.717, 1.165) is 20.9 Å². The molecule has 0 aliphatic heterocycles. The normalized spacial score (nSPS) is 13.5. The van der Waals surface area contributed by atoms with Crippen LogP contribution in [0.5, 0.6) is 0 Å². The maximum Gasteiger partial charge on any atom is 0.0912 e. The van der Waals surface area contributed by atoms with Crippen molar-refractivity contribution in [2.24, 2.45) is 0 Å². The van der Waals surface area contributed by atoms with E-state index in [4.69, 9.17) is 0 Å². The van der Waals surface area contributed by atoms with Crippen molar-refractivity contribution in [3.8, 4) is 0 Å². The monoisotopic (exact) mass is 394 g/mol. The molecule has 0 saturated heterocycles. The third-order valence-electron chi connectivity index (χ3n) is 3.93. The smallest absolute Gasteiger partial charge is 0.0912 e. The van der Waals surface area contributed by atoms with Gasteiger partial charge in [0.2, 0.25) is 0 Å². The molecule has 0 amide bonds. The van der Waals surface area contributed by atoms with Crippen molar-refractivity contribution < 1.29 is 5.11 Å². The molecule has 2 aromatic carbocycles. The molecule has 0 aliphatic rings. The molecular weight excluding hydrogens is 376 g/mol. The minimum atomic E-state index is -0.512. The fourth-order valence-corrected chi connectivity index (χ4v) is 3.42. The molecular formula is C18H20BrClN2O. The van der Waals surface area contributed by atoms with Crippen molar-refractivity contribution >= 4 is 39.2 Å². The second-order valence-electron chi connectivity index (χ2n) is 5.38. The van der Waals surface area contributed by atoms with Crippen molar-refractivity contribution in [2.75, 3.05) is 13.6 Å². The van der Waals surface area contributed by atoms with Crippen LogP contribution in [0.2, 0.25) is 0 Å². The summed E-state index contributed by atoms with van der Waals surface area (Å²) in [6.07, 6.45) is 1.54. The fourth-order valence-electron chi connectivity index (χ4n) is 2.93. The zero-order valence-electron chi connectivity index (χ0n) is 12.8. The average molecular weight is 396 g/mol. The van der Waals surface area contributed by atoms with Crippen molar-refractivity contribution in [2.45, 2.75) is 12.1 Å². The van der Waals surface area contributed by atoms with Gasteiger partial charge in [-0.05, 0) is 30.8 Å². The first-order valence-corrected chi connectivity index (χ1v) is 8.14. The summed E-state index contributed by atoms with van der Waals surface area (Å²) in [7, 11) is 1.86. The Labute approximate surface area is 150 Å². The lowest BCUT2D eigenvalue weighted by Crippen LogP contribution is -2.33. The number of nitrogens with one attached hydrogen (secondary N) is 1. The number of likely N-dealkylation sites (N-methyl/N-ethyl adjacent to an activating group) is 1. The van der Waals surface area contributed by atoms with Gasteiger partial charge in [0.05, 0.1) is 12.1 Å². The second-order valence-corrected chi connectivity index (χ2v) is 6.23. The standard InChI is InChI=1S/C18H19BrN2O.ClH/c1-20-12-17(22)18(13-6-3-2-4-7-13)21-11-10-14-15(19)8-5-9-16(14)21;/h2-11,17-18,20,22H,12H2,1H3;1H/t17-,18+;/m1./s1. The Morgan fingerprint density at radius 2 is 1.83 bits per heavy atom.